The average molecular weight is 212 g/mol. The molecule has 0 saturated carbocycles. The predicted octanol–water partition coefficient (Wildman–Crippen LogP) is 3.21. The first-order valence-corrected chi connectivity index (χ1v) is 6.31. The van der Waals surface area contributed by atoms with Crippen molar-refractivity contribution in [1.29, 1.82) is 0 Å². The van der Waals surface area contributed by atoms with Crippen molar-refractivity contribution in [2.45, 2.75) is 0 Å². The summed E-state index contributed by atoms with van der Waals surface area (Å²) in [6.45, 7) is 0. The minimum absolute atomic E-state index is 0.466. The van der Waals surface area contributed by atoms with Gasteiger partial charge >= 0.3 is 6.42 Å². The van der Waals surface area contributed by atoms with E-state index in [1.165, 1.54) is 0 Å². The summed E-state index contributed by atoms with van der Waals surface area (Å²) >= 11 is 10.6. The molecule has 2 nitrogen and oxygen atoms in total. The molecule has 0 aromatic heterocycles. The summed E-state index contributed by atoms with van der Waals surface area (Å²) in [5.74, 6) is 0.466. The lowest BCUT2D eigenvalue weighted by atomic mass is 10.3. The van der Waals surface area contributed by atoms with Crippen LogP contribution in [0.15, 0.2) is 30.3 Å². The first-order chi connectivity index (χ1) is 5.08. The zero-order valence-electron chi connectivity index (χ0n) is 5.45. The van der Waals surface area contributed by atoms with Gasteiger partial charge in [0.2, 0.25) is 0 Å². The molecule has 60 valence electrons. The minimum atomic E-state index is -3.19. The lowest BCUT2D eigenvalue weighted by molar-refractivity contribution is 0.497. The first kappa shape index (κ1) is 9.08. The van der Waals surface area contributed by atoms with Crippen LogP contribution in [0.5, 0.6) is 5.75 Å². The van der Waals surface area contributed by atoms with Gasteiger partial charge in [-0.2, -0.15) is 4.89 Å². The van der Waals surface area contributed by atoms with Crippen LogP contribution in [0.2, 0.25) is 0 Å². The largest absolute Gasteiger partial charge is 0.518 e. The van der Waals surface area contributed by atoms with Crippen molar-refractivity contribution in [3.05, 3.63) is 30.3 Å². The second-order valence-corrected chi connectivity index (χ2v) is 6.16. The molecule has 0 amide bonds. The van der Waals surface area contributed by atoms with Crippen molar-refractivity contribution in [2.75, 3.05) is 0 Å². The van der Waals surface area contributed by atoms with E-state index < -0.39 is 6.42 Å². The standard InChI is InChI=1S/C6H6Cl2O2P/c7-11(8,9)10-6-4-2-1-3-5-6/h1-5,9H/q+1. The van der Waals surface area contributed by atoms with Crippen molar-refractivity contribution >= 4 is 28.9 Å². The van der Waals surface area contributed by atoms with E-state index in [-0.39, 0.29) is 0 Å². The zero-order valence-corrected chi connectivity index (χ0v) is 7.85. The second-order valence-electron chi connectivity index (χ2n) is 1.84. The zero-order chi connectivity index (χ0) is 8.32. The Labute approximate surface area is 74.8 Å². The lowest BCUT2D eigenvalue weighted by Gasteiger charge is -2.00. The molecule has 0 saturated heterocycles. The Bertz CT molecular complexity index is 222. The van der Waals surface area contributed by atoms with Crippen LogP contribution in [0, 0.1) is 0 Å². The monoisotopic (exact) mass is 211 g/mol. The molecule has 0 heterocycles. The molecular formula is C6H6Cl2O2P+. The summed E-state index contributed by atoms with van der Waals surface area (Å²) in [7, 11) is 0. The Morgan fingerprint density at radius 1 is 1.18 bits per heavy atom. The summed E-state index contributed by atoms with van der Waals surface area (Å²) < 4.78 is 4.80. The fourth-order valence-corrected chi connectivity index (χ4v) is 1.46. The van der Waals surface area contributed by atoms with Crippen molar-refractivity contribution in [2.24, 2.45) is 0 Å². The number of para-hydroxylation sites is 1. The van der Waals surface area contributed by atoms with Crippen LogP contribution in [-0.4, -0.2) is 4.89 Å². The molecule has 0 fully saturated rings. The molecular weight excluding hydrogens is 206 g/mol. The Morgan fingerprint density at radius 3 is 2.18 bits per heavy atom. The molecule has 0 bridgehead atoms. The first-order valence-electron chi connectivity index (χ1n) is 2.84. The van der Waals surface area contributed by atoms with Crippen LogP contribution in [0.25, 0.3) is 0 Å². The fourth-order valence-electron chi connectivity index (χ4n) is 0.608. The van der Waals surface area contributed by atoms with Gasteiger partial charge in [-0.25, -0.2) is 0 Å². The molecule has 0 aliphatic rings. The number of halogens is 2. The third-order valence-electron chi connectivity index (χ3n) is 0.958. The predicted molar refractivity (Wildman–Crippen MR) is 47.9 cm³/mol. The highest BCUT2D eigenvalue weighted by Gasteiger charge is 2.35. The molecule has 1 N–H and O–H groups in total. The van der Waals surface area contributed by atoms with Gasteiger partial charge in [-0.1, -0.05) is 18.2 Å². The third-order valence-corrected chi connectivity index (χ3v) is 1.80. The van der Waals surface area contributed by atoms with Gasteiger partial charge in [-0.3, -0.25) is 4.52 Å². The highest BCUT2D eigenvalue weighted by Crippen LogP contribution is 2.65. The van der Waals surface area contributed by atoms with Crippen molar-refractivity contribution in [3.63, 3.8) is 0 Å². The maximum absolute atomic E-state index is 8.89. The number of hydrogen-bond acceptors (Lipinski definition) is 2. The van der Waals surface area contributed by atoms with Gasteiger partial charge in [0.25, 0.3) is 0 Å². The number of benzene rings is 1. The fraction of sp³-hybridized carbons (Fsp3) is 0. The van der Waals surface area contributed by atoms with Gasteiger partial charge in [0.1, 0.15) is 0 Å². The molecule has 1 rings (SSSR count). The third kappa shape index (κ3) is 3.78. The van der Waals surface area contributed by atoms with Gasteiger partial charge in [0.05, 0.1) is 0 Å². The van der Waals surface area contributed by atoms with E-state index in [1.807, 2.05) is 6.07 Å². The molecule has 1 aromatic carbocycles. The van der Waals surface area contributed by atoms with E-state index in [0.717, 1.165) is 0 Å². The molecule has 5 heteroatoms. The van der Waals surface area contributed by atoms with Crippen LogP contribution in [0.4, 0.5) is 0 Å². The van der Waals surface area contributed by atoms with Crippen molar-refractivity contribution in [3.8, 4) is 5.75 Å². The van der Waals surface area contributed by atoms with E-state index >= 15 is 0 Å². The summed E-state index contributed by atoms with van der Waals surface area (Å²) in [6, 6.07) is 8.68. The SMILES string of the molecule is O[P+](Cl)(Cl)Oc1ccccc1. The van der Waals surface area contributed by atoms with Gasteiger partial charge in [0.15, 0.2) is 28.2 Å². The quantitative estimate of drug-likeness (QED) is 0.762. The van der Waals surface area contributed by atoms with Crippen molar-refractivity contribution < 1.29 is 9.42 Å². The molecule has 0 spiro atoms. The van der Waals surface area contributed by atoms with Crippen LogP contribution in [0.3, 0.4) is 0 Å². The molecule has 0 radical (unpaired) electrons. The maximum atomic E-state index is 8.89. The molecule has 0 atom stereocenters. The van der Waals surface area contributed by atoms with E-state index in [1.54, 1.807) is 24.3 Å². The number of hydrogen-bond donors (Lipinski definition) is 1. The lowest BCUT2D eigenvalue weighted by Crippen LogP contribution is -1.85. The Kier molecular flexibility index (Phi) is 2.97. The summed E-state index contributed by atoms with van der Waals surface area (Å²) in [6.07, 6.45) is -3.19. The van der Waals surface area contributed by atoms with Gasteiger partial charge < -0.3 is 0 Å². The molecule has 11 heavy (non-hydrogen) atoms. The molecule has 0 unspecified atom stereocenters. The van der Waals surface area contributed by atoms with Crippen LogP contribution >= 0.6 is 28.9 Å². The Morgan fingerprint density at radius 2 is 1.73 bits per heavy atom. The second kappa shape index (κ2) is 3.59. The highest BCUT2D eigenvalue weighted by atomic mass is 35.9. The summed E-state index contributed by atoms with van der Waals surface area (Å²) in [5.41, 5.74) is 0. The average Bonchev–Trinajstić information content (AvgIpc) is 1.85. The van der Waals surface area contributed by atoms with E-state index in [4.69, 9.17) is 31.9 Å². The summed E-state index contributed by atoms with van der Waals surface area (Å²) in [5, 5.41) is 0. The Hall–Kier alpha value is -0.0100. The Balaban J connectivity index is 2.66. The summed E-state index contributed by atoms with van der Waals surface area (Å²) in [4.78, 5) is 8.89. The van der Waals surface area contributed by atoms with E-state index in [0.29, 0.717) is 5.75 Å². The maximum Gasteiger partial charge on any atom is 0.518 e. The topological polar surface area (TPSA) is 29.5 Å². The van der Waals surface area contributed by atoms with Crippen LogP contribution in [0.1, 0.15) is 0 Å². The minimum Gasteiger partial charge on any atom is -0.281 e. The van der Waals surface area contributed by atoms with E-state index in [9.17, 15) is 0 Å². The molecule has 0 aliphatic heterocycles. The normalized spacial score (nSPS) is 11.2. The van der Waals surface area contributed by atoms with Gasteiger partial charge in [0, 0.05) is 0 Å². The van der Waals surface area contributed by atoms with Crippen LogP contribution < -0.4 is 4.52 Å². The smallest absolute Gasteiger partial charge is 0.281 e. The highest BCUT2D eigenvalue weighted by molar-refractivity contribution is 8.10. The van der Waals surface area contributed by atoms with Gasteiger partial charge in [-0.15, -0.1) is 0 Å². The molecule has 1 aromatic rings. The molecule has 0 aliphatic carbocycles. The van der Waals surface area contributed by atoms with Crippen molar-refractivity contribution in [1.82, 2.24) is 0 Å². The van der Waals surface area contributed by atoms with E-state index in [2.05, 4.69) is 0 Å². The van der Waals surface area contributed by atoms with Crippen LogP contribution in [-0.2, 0) is 0 Å². The number of rotatable bonds is 2. The van der Waals surface area contributed by atoms with Gasteiger partial charge in [-0.05, 0) is 12.1 Å².